The normalized spacial score (nSPS) is 15.3. The second-order valence-corrected chi connectivity index (χ2v) is 11.1. The molecule has 0 radical (unpaired) electrons. The molecule has 1 atom stereocenters. The van der Waals surface area contributed by atoms with Gasteiger partial charge in [0.15, 0.2) is 5.75 Å². The summed E-state index contributed by atoms with van der Waals surface area (Å²) in [7, 11) is 0. The fourth-order valence-electron chi connectivity index (χ4n) is 5.11. The van der Waals surface area contributed by atoms with Crippen molar-refractivity contribution in [1.82, 2.24) is 19.7 Å². The summed E-state index contributed by atoms with van der Waals surface area (Å²) in [5.74, 6) is -2.00. The standard InChI is InChI=1S/C32H38F2N4O4/c1-5-36-18-26(32(41)35-15-24-11-12-25(33)13-27(24)34)30(40)31(42-19-23-9-7-6-8-10-23)28(36)14-29(39)38-17-22(4)37(20-38)16-21(2)3/h6-13,18,21-22H,5,14-17,19-20H2,1-4H3,(H,35,41)/t22-/m0/s1. The third kappa shape index (κ3) is 7.42. The van der Waals surface area contributed by atoms with Crippen LogP contribution in [0.25, 0.3) is 0 Å². The first-order valence-corrected chi connectivity index (χ1v) is 14.2. The molecule has 1 aliphatic rings. The summed E-state index contributed by atoms with van der Waals surface area (Å²) in [5.41, 5.74) is 0.425. The van der Waals surface area contributed by atoms with Crippen molar-refractivity contribution in [3.63, 3.8) is 0 Å². The highest BCUT2D eigenvalue weighted by molar-refractivity contribution is 5.94. The van der Waals surface area contributed by atoms with Gasteiger partial charge in [0, 0.05) is 50.0 Å². The van der Waals surface area contributed by atoms with Crippen molar-refractivity contribution in [3.8, 4) is 5.75 Å². The van der Waals surface area contributed by atoms with Crippen LogP contribution >= 0.6 is 0 Å². The average Bonchev–Trinajstić information content (AvgIpc) is 3.32. The number of carbonyl (C=O) groups is 2. The van der Waals surface area contributed by atoms with Crippen LogP contribution in [-0.4, -0.2) is 52.0 Å². The summed E-state index contributed by atoms with van der Waals surface area (Å²) in [6.45, 7) is 10.4. The number of carbonyl (C=O) groups excluding carboxylic acids is 2. The predicted octanol–water partition coefficient (Wildman–Crippen LogP) is 4.34. The maximum atomic E-state index is 14.1. The van der Waals surface area contributed by atoms with E-state index in [0.29, 0.717) is 31.4 Å². The Morgan fingerprint density at radius 3 is 2.52 bits per heavy atom. The Bertz CT molecular complexity index is 1480. The Kier molecular flexibility index (Phi) is 10.1. The molecule has 1 fully saturated rings. The zero-order valence-electron chi connectivity index (χ0n) is 24.5. The quantitative estimate of drug-likeness (QED) is 0.365. The number of benzene rings is 2. The molecule has 224 valence electrons. The highest BCUT2D eigenvalue weighted by atomic mass is 19.1. The summed E-state index contributed by atoms with van der Waals surface area (Å²) in [4.78, 5) is 44.4. The van der Waals surface area contributed by atoms with E-state index in [0.717, 1.165) is 24.2 Å². The van der Waals surface area contributed by atoms with Crippen molar-refractivity contribution in [2.75, 3.05) is 19.8 Å². The Balaban J connectivity index is 1.63. The van der Waals surface area contributed by atoms with Gasteiger partial charge in [-0.15, -0.1) is 0 Å². The third-order valence-electron chi connectivity index (χ3n) is 7.34. The molecule has 10 heteroatoms. The molecule has 8 nitrogen and oxygen atoms in total. The van der Waals surface area contributed by atoms with E-state index >= 15 is 0 Å². The summed E-state index contributed by atoms with van der Waals surface area (Å²) < 4.78 is 35.1. The highest BCUT2D eigenvalue weighted by Crippen LogP contribution is 2.22. The first-order chi connectivity index (χ1) is 20.1. The Hall–Kier alpha value is -4.05. The van der Waals surface area contributed by atoms with Crippen LogP contribution in [0.4, 0.5) is 8.78 Å². The largest absolute Gasteiger partial charge is 0.483 e. The fourth-order valence-corrected chi connectivity index (χ4v) is 5.11. The van der Waals surface area contributed by atoms with Crippen LogP contribution in [0.1, 0.15) is 54.9 Å². The van der Waals surface area contributed by atoms with Crippen LogP contribution < -0.4 is 15.5 Å². The molecular formula is C32H38F2N4O4. The van der Waals surface area contributed by atoms with Gasteiger partial charge in [0.25, 0.3) is 5.91 Å². The van der Waals surface area contributed by atoms with Gasteiger partial charge in [-0.1, -0.05) is 50.2 Å². The Morgan fingerprint density at radius 2 is 1.86 bits per heavy atom. The minimum absolute atomic E-state index is 0.0652. The Morgan fingerprint density at radius 1 is 1.12 bits per heavy atom. The zero-order valence-corrected chi connectivity index (χ0v) is 24.5. The van der Waals surface area contributed by atoms with E-state index in [-0.39, 0.29) is 48.4 Å². The molecule has 0 saturated carbocycles. The lowest BCUT2D eigenvalue weighted by molar-refractivity contribution is -0.130. The van der Waals surface area contributed by atoms with E-state index in [1.165, 1.54) is 12.3 Å². The van der Waals surface area contributed by atoms with Gasteiger partial charge in [-0.3, -0.25) is 19.3 Å². The van der Waals surface area contributed by atoms with E-state index in [9.17, 15) is 23.2 Å². The minimum atomic E-state index is -0.801. The molecule has 1 saturated heterocycles. The lowest BCUT2D eigenvalue weighted by Crippen LogP contribution is -2.35. The molecule has 0 spiro atoms. The monoisotopic (exact) mass is 580 g/mol. The van der Waals surface area contributed by atoms with Gasteiger partial charge < -0.3 is 19.5 Å². The lowest BCUT2D eigenvalue weighted by atomic mass is 10.1. The first kappa shape index (κ1) is 30.9. The molecule has 1 aromatic heterocycles. The molecule has 0 aliphatic carbocycles. The molecule has 0 unspecified atom stereocenters. The first-order valence-electron chi connectivity index (χ1n) is 14.2. The van der Waals surface area contributed by atoms with Crippen molar-refractivity contribution >= 4 is 11.8 Å². The number of rotatable bonds is 11. The topological polar surface area (TPSA) is 83.9 Å². The van der Waals surface area contributed by atoms with Crippen LogP contribution in [0.15, 0.2) is 59.5 Å². The number of aromatic nitrogens is 1. The van der Waals surface area contributed by atoms with Gasteiger partial charge in [0.05, 0.1) is 18.8 Å². The third-order valence-corrected chi connectivity index (χ3v) is 7.34. The molecule has 2 heterocycles. The van der Waals surface area contributed by atoms with Crippen LogP contribution in [0.5, 0.6) is 5.75 Å². The number of hydrogen-bond donors (Lipinski definition) is 1. The number of ether oxygens (including phenoxy) is 1. The number of halogens is 2. The second-order valence-electron chi connectivity index (χ2n) is 11.1. The van der Waals surface area contributed by atoms with Crippen molar-refractivity contribution in [3.05, 3.63) is 99.0 Å². The number of amides is 2. The summed E-state index contributed by atoms with van der Waals surface area (Å²) >= 11 is 0. The fraction of sp³-hybridized carbons (Fsp3) is 0.406. The van der Waals surface area contributed by atoms with Gasteiger partial charge in [-0.25, -0.2) is 8.78 Å². The Labute approximate surface area is 244 Å². The molecule has 2 amide bonds. The van der Waals surface area contributed by atoms with Crippen molar-refractivity contribution in [2.45, 2.75) is 59.9 Å². The van der Waals surface area contributed by atoms with E-state index in [1.807, 2.05) is 37.3 Å². The second kappa shape index (κ2) is 13.7. The van der Waals surface area contributed by atoms with Crippen LogP contribution in [-0.2, 0) is 30.9 Å². The maximum Gasteiger partial charge on any atom is 0.257 e. The van der Waals surface area contributed by atoms with Gasteiger partial charge >= 0.3 is 0 Å². The molecule has 0 bridgehead atoms. The van der Waals surface area contributed by atoms with E-state index in [1.54, 1.807) is 9.47 Å². The number of nitrogens with one attached hydrogen (secondary N) is 1. The molecular weight excluding hydrogens is 542 g/mol. The number of hydrogen-bond acceptors (Lipinski definition) is 5. The van der Waals surface area contributed by atoms with Crippen molar-refractivity contribution < 1.29 is 23.1 Å². The molecule has 2 aromatic carbocycles. The summed E-state index contributed by atoms with van der Waals surface area (Å²) in [6, 6.07) is 12.6. The maximum absolute atomic E-state index is 14.1. The smallest absolute Gasteiger partial charge is 0.257 e. The molecule has 3 aromatic rings. The minimum Gasteiger partial charge on any atom is -0.483 e. The van der Waals surface area contributed by atoms with Gasteiger partial charge in [-0.05, 0) is 31.4 Å². The summed E-state index contributed by atoms with van der Waals surface area (Å²) in [5, 5.41) is 2.55. The van der Waals surface area contributed by atoms with Gasteiger partial charge in [-0.2, -0.15) is 0 Å². The zero-order chi connectivity index (χ0) is 30.4. The SMILES string of the molecule is CCn1cc(C(=O)NCc2ccc(F)cc2F)c(=O)c(OCc2ccccc2)c1CC(=O)N1C[C@H](C)N(CC(C)C)C1. The molecule has 42 heavy (non-hydrogen) atoms. The number of aryl methyl sites for hydroxylation is 1. The van der Waals surface area contributed by atoms with E-state index < -0.39 is 23.0 Å². The van der Waals surface area contributed by atoms with Crippen LogP contribution in [0, 0.1) is 17.6 Å². The summed E-state index contributed by atoms with van der Waals surface area (Å²) in [6.07, 6.45) is 1.34. The highest BCUT2D eigenvalue weighted by Gasteiger charge is 2.32. The molecule has 4 rings (SSSR count). The molecule has 1 aliphatic heterocycles. The van der Waals surface area contributed by atoms with E-state index in [2.05, 4.69) is 31.0 Å². The van der Waals surface area contributed by atoms with Crippen molar-refractivity contribution in [1.29, 1.82) is 0 Å². The molecule has 1 N–H and O–H groups in total. The van der Waals surface area contributed by atoms with Gasteiger partial charge in [0.1, 0.15) is 23.8 Å². The van der Waals surface area contributed by atoms with Crippen LogP contribution in [0.3, 0.4) is 0 Å². The van der Waals surface area contributed by atoms with Crippen LogP contribution in [0.2, 0.25) is 0 Å². The van der Waals surface area contributed by atoms with Crippen molar-refractivity contribution in [2.24, 2.45) is 5.92 Å². The number of pyridine rings is 1. The predicted molar refractivity (Wildman–Crippen MR) is 156 cm³/mol. The van der Waals surface area contributed by atoms with Gasteiger partial charge in [0.2, 0.25) is 11.3 Å². The van der Waals surface area contributed by atoms with E-state index in [4.69, 9.17) is 4.74 Å². The lowest BCUT2D eigenvalue weighted by Gasteiger charge is -2.23. The number of nitrogens with zero attached hydrogens (tertiary/aromatic N) is 3. The average molecular weight is 581 g/mol.